The number of rotatable bonds is 6. The molecule has 0 saturated carbocycles. The van der Waals surface area contributed by atoms with E-state index in [0.717, 1.165) is 18.2 Å². The molecule has 0 aliphatic carbocycles. The molecule has 0 spiro atoms. The number of amides is 2. The van der Waals surface area contributed by atoms with E-state index in [1.165, 1.54) is 34.8 Å². The maximum Gasteiger partial charge on any atom is 0.322 e. The van der Waals surface area contributed by atoms with Crippen molar-refractivity contribution in [1.29, 1.82) is 0 Å². The number of carbonyl (C=O) groups is 1. The van der Waals surface area contributed by atoms with Crippen LogP contribution in [0.2, 0.25) is 5.02 Å². The molecule has 0 fully saturated rings. The molecule has 6 nitrogen and oxygen atoms in total. The molecule has 0 bridgehead atoms. The summed E-state index contributed by atoms with van der Waals surface area (Å²) in [7, 11) is 1.47. The number of hydrogen-bond donors (Lipinski definition) is 2. The Morgan fingerprint density at radius 2 is 1.81 bits per heavy atom. The molecule has 0 aliphatic heterocycles. The van der Waals surface area contributed by atoms with Crippen LogP contribution in [0, 0.1) is 17.5 Å². The minimum atomic E-state index is -1.15. The van der Waals surface area contributed by atoms with Gasteiger partial charge >= 0.3 is 6.03 Å². The average molecular weight is 468 g/mol. The molecule has 1 aromatic heterocycles. The molecule has 2 amide bonds. The first-order valence-electron chi connectivity index (χ1n) is 9.75. The fraction of sp³-hybridized carbons (Fsp3) is 0.273. The molecule has 3 rings (SSSR count). The van der Waals surface area contributed by atoms with E-state index < -0.39 is 35.1 Å². The largest absolute Gasteiger partial charge is 0.396 e. The molecule has 32 heavy (non-hydrogen) atoms. The fourth-order valence-electron chi connectivity index (χ4n) is 3.47. The molecule has 0 aliphatic rings. The summed E-state index contributed by atoms with van der Waals surface area (Å²) in [4.78, 5) is 26.8. The lowest BCUT2D eigenvalue weighted by Gasteiger charge is -2.30. The zero-order chi connectivity index (χ0) is 23.6. The highest BCUT2D eigenvalue weighted by Gasteiger charge is 2.25. The highest BCUT2D eigenvalue weighted by molar-refractivity contribution is 6.31. The van der Waals surface area contributed by atoms with Crippen LogP contribution in [0.5, 0.6) is 0 Å². The van der Waals surface area contributed by atoms with E-state index in [2.05, 4.69) is 5.32 Å². The summed E-state index contributed by atoms with van der Waals surface area (Å²) >= 11 is 5.77. The van der Waals surface area contributed by atoms with Gasteiger partial charge in [0.1, 0.15) is 5.82 Å². The second-order valence-corrected chi connectivity index (χ2v) is 7.73. The number of aromatic nitrogens is 1. The van der Waals surface area contributed by atoms with Crippen molar-refractivity contribution in [1.82, 2.24) is 9.47 Å². The molecule has 1 atom stereocenters. The van der Waals surface area contributed by atoms with E-state index in [0.29, 0.717) is 5.56 Å². The average Bonchev–Trinajstić information content (AvgIpc) is 2.75. The summed E-state index contributed by atoms with van der Waals surface area (Å²) in [6.07, 6.45) is 1.70. The zero-order valence-corrected chi connectivity index (χ0v) is 18.1. The highest BCUT2D eigenvalue weighted by Crippen LogP contribution is 2.29. The number of carbonyl (C=O) groups excluding carboxylic acids is 1. The number of urea groups is 1. The van der Waals surface area contributed by atoms with Gasteiger partial charge in [0, 0.05) is 32.1 Å². The number of nitrogens with one attached hydrogen (secondary N) is 1. The van der Waals surface area contributed by atoms with Gasteiger partial charge in [-0.05, 0) is 54.6 Å². The summed E-state index contributed by atoms with van der Waals surface area (Å²) in [5.41, 5.74) is 0.148. The number of aryl methyl sites for hydroxylation is 1. The monoisotopic (exact) mass is 467 g/mol. The van der Waals surface area contributed by atoms with Gasteiger partial charge in [0.2, 0.25) is 0 Å². The molecule has 0 unspecified atom stereocenters. The lowest BCUT2D eigenvalue weighted by Crippen LogP contribution is -2.38. The van der Waals surface area contributed by atoms with Crippen molar-refractivity contribution in [3.05, 3.63) is 74.9 Å². The van der Waals surface area contributed by atoms with Crippen LogP contribution in [0.3, 0.4) is 0 Å². The standard InChI is InChI=1S/C22H21ClF3N3O3/c1-12(16-11-28(2)21(31)15-10-20(26)19(25)9-14(15)16)29(6-3-7-30)22(32)27-13-4-5-18(24)17(23)8-13/h4-5,8-12,30H,3,6-7H2,1-2H3,(H,27,32)/t12-/m0/s1. The second-order valence-electron chi connectivity index (χ2n) is 7.32. The smallest absolute Gasteiger partial charge is 0.322 e. The Hall–Kier alpha value is -3.04. The van der Waals surface area contributed by atoms with Crippen LogP contribution in [-0.2, 0) is 7.05 Å². The molecular weight excluding hydrogens is 447 g/mol. The van der Waals surface area contributed by atoms with Gasteiger partial charge in [-0.25, -0.2) is 18.0 Å². The van der Waals surface area contributed by atoms with Crippen molar-refractivity contribution in [3.63, 3.8) is 0 Å². The molecular formula is C22H21ClF3N3O3. The number of aliphatic hydroxyl groups is 1. The Kier molecular flexibility index (Phi) is 7.10. The minimum Gasteiger partial charge on any atom is -0.396 e. The molecule has 10 heteroatoms. The number of fused-ring (bicyclic) bond motifs is 1. The van der Waals surface area contributed by atoms with Gasteiger partial charge in [0.05, 0.1) is 16.5 Å². The summed E-state index contributed by atoms with van der Waals surface area (Å²) < 4.78 is 42.4. The normalized spacial score (nSPS) is 12.1. The first-order chi connectivity index (χ1) is 15.1. The maximum absolute atomic E-state index is 14.0. The Bertz CT molecular complexity index is 1230. The molecule has 170 valence electrons. The van der Waals surface area contributed by atoms with Crippen LogP contribution in [-0.4, -0.2) is 33.8 Å². The number of anilines is 1. The third-order valence-electron chi connectivity index (χ3n) is 5.16. The Labute approximate surface area is 186 Å². The van der Waals surface area contributed by atoms with E-state index >= 15 is 0 Å². The number of aliphatic hydroxyl groups excluding tert-OH is 1. The molecule has 3 aromatic rings. The molecule has 2 aromatic carbocycles. The summed E-state index contributed by atoms with van der Waals surface area (Å²) in [6, 6.07) is 4.19. The van der Waals surface area contributed by atoms with Crippen molar-refractivity contribution in [3.8, 4) is 0 Å². The summed E-state index contributed by atoms with van der Waals surface area (Å²) in [6.45, 7) is 1.59. The lowest BCUT2D eigenvalue weighted by molar-refractivity contribution is 0.182. The van der Waals surface area contributed by atoms with Crippen LogP contribution < -0.4 is 10.9 Å². The summed E-state index contributed by atoms with van der Waals surface area (Å²) in [5.74, 6) is -2.91. The van der Waals surface area contributed by atoms with E-state index in [9.17, 15) is 27.9 Å². The molecule has 2 N–H and O–H groups in total. The predicted octanol–water partition coefficient (Wildman–Crippen LogP) is 4.59. The van der Waals surface area contributed by atoms with Crippen LogP contribution in [0.25, 0.3) is 10.8 Å². The Morgan fingerprint density at radius 3 is 2.44 bits per heavy atom. The minimum absolute atomic E-state index is 0.0245. The first kappa shape index (κ1) is 23.6. The second kappa shape index (κ2) is 9.62. The van der Waals surface area contributed by atoms with Crippen molar-refractivity contribution in [2.45, 2.75) is 19.4 Å². The molecule has 0 saturated heterocycles. The Morgan fingerprint density at radius 1 is 1.16 bits per heavy atom. The van der Waals surface area contributed by atoms with Crippen LogP contribution in [0.1, 0.15) is 24.9 Å². The fourth-order valence-corrected chi connectivity index (χ4v) is 3.65. The van der Waals surface area contributed by atoms with Gasteiger partial charge in [-0.3, -0.25) is 4.79 Å². The topological polar surface area (TPSA) is 74.6 Å². The Balaban J connectivity index is 2.04. The highest BCUT2D eigenvalue weighted by atomic mass is 35.5. The van der Waals surface area contributed by atoms with Gasteiger partial charge in [0.15, 0.2) is 11.6 Å². The van der Waals surface area contributed by atoms with Crippen molar-refractivity contribution < 1.29 is 23.1 Å². The van der Waals surface area contributed by atoms with E-state index in [1.807, 2.05) is 0 Å². The van der Waals surface area contributed by atoms with Gasteiger partial charge < -0.3 is 19.9 Å². The van der Waals surface area contributed by atoms with E-state index in [4.69, 9.17) is 11.6 Å². The molecule has 1 heterocycles. The number of benzene rings is 2. The van der Waals surface area contributed by atoms with Gasteiger partial charge in [-0.1, -0.05) is 11.6 Å². The number of pyridine rings is 1. The van der Waals surface area contributed by atoms with Gasteiger partial charge in [0.25, 0.3) is 5.56 Å². The van der Waals surface area contributed by atoms with Crippen LogP contribution in [0.15, 0.2) is 41.3 Å². The van der Waals surface area contributed by atoms with Crippen molar-refractivity contribution >= 4 is 34.1 Å². The number of halogens is 4. The van der Waals surface area contributed by atoms with Crippen molar-refractivity contribution in [2.24, 2.45) is 7.05 Å². The third kappa shape index (κ3) is 4.73. The van der Waals surface area contributed by atoms with Gasteiger partial charge in [-0.15, -0.1) is 0 Å². The quantitative estimate of drug-likeness (QED) is 0.557. The van der Waals surface area contributed by atoms with E-state index in [-0.39, 0.29) is 41.1 Å². The van der Waals surface area contributed by atoms with Crippen LogP contribution in [0.4, 0.5) is 23.7 Å². The lowest BCUT2D eigenvalue weighted by atomic mass is 10.0. The maximum atomic E-state index is 14.0. The van der Waals surface area contributed by atoms with E-state index in [1.54, 1.807) is 6.92 Å². The first-order valence-corrected chi connectivity index (χ1v) is 10.1. The zero-order valence-electron chi connectivity index (χ0n) is 17.3. The predicted molar refractivity (Wildman–Crippen MR) is 116 cm³/mol. The summed E-state index contributed by atoms with van der Waals surface area (Å²) in [5, 5.41) is 11.9. The number of hydrogen-bond acceptors (Lipinski definition) is 3. The molecule has 0 radical (unpaired) electrons. The van der Waals surface area contributed by atoms with Gasteiger partial charge in [-0.2, -0.15) is 0 Å². The third-order valence-corrected chi connectivity index (χ3v) is 5.45. The SMILES string of the molecule is C[C@@H](c1cn(C)c(=O)c2cc(F)c(F)cc12)N(CCCO)C(=O)Nc1ccc(F)c(Cl)c1. The number of nitrogens with zero attached hydrogens (tertiary/aromatic N) is 2. The van der Waals surface area contributed by atoms with Crippen molar-refractivity contribution in [2.75, 3.05) is 18.5 Å². The van der Waals surface area contributed by atoms with Crippen LogP contribution >= 0.6 is 11.6 Å².